The van der Waals surface area contributed by atoms with E-state index in [2.05, 4.69) is 24.3 Å². The molecule has 0 aromatic carbocycles. The van der Waals surface area contributed by atoms with Gasteiger partial charge in [-0.25, -0.2) is 0 Å². The van der Waals surface area contributed by atoms with Gasteiger partial charge in [0.05, 0.1) is 12.4 Å². The zero-order valence-electron chi connectivity index (χ0n) is 9.25. The Morgan fingerprint density at radius 1 is 1.24 bits per heavy atom. The van der Waals surface area contributed by atoms with Crippen LogP contribution in [0.2, 0.25) is 0 Å². The van der Waals surface area contributed by atoms with E-state index < -0.39 is 0 Å². The van der Waals surface area contributed by atoms with Crippen LogP contribution < -0.4 is 24.8 Å². The summed E-state index contributed by atoms with van der Waals surface area (Å²) in [5.74, 6) is 0.883. The normalized spacial score (nSPS) is 15.9. The van der Waals surface area contributed by atoms with Gasteiger partial charge in [0, 0.05) is 0 Å². The standard InChI is InChI=1S/C12H13O2.2ClH.Zr/c13-8-9-14-12-7-3-6-11(12)10-4-1-2-5-10;;;/h1,3-4,7,13H,2,6,8-9H2;2*1H;/q-1;;;+3/p-2. The fraction of sp³-hybridized carbons (Fsp3) is 0.333. The molecule has 91 valence electrons. The Bertz CT molecular complexity index is 346. The predicted octanol–water partition coefficient (Wildman–Crippen LogP) is -4.10. The summed E-state index contributed by atoms with van der Waals surface area (Å²) in [6.07, 6.45) is 13.3. The van der Waals surface area contributed by atoms with Crippen LogP contribution >= 0.6 is 0 Å². The van der Waals surface area contributed by atoms with Crippen LogP contribution in [0.5, 0.6) is 0 Å². The van der Waals surface area contributed by atoms with Crippen LogP contribution in [0.3, 0.4) is 0 Å². The van der Waals surface area contributed by atoms with Gasteiger partial charge in [-0.1, -0.05) is 18.9 Å². The van der Waals surface area contributed by atoms with E-state index in [4.69, 9.17) is 9.84 Å². The van der Waals surface area contributed by atoms with E-state index in [9.17, 15) is 0 Å². The first-order chi connectivity index (χ1) is 6.92. The summed E-state index contributed by atoms with van der Waals surface area (Å²) in [6.45, 7) is 0.420. The first kappa shape index (κ1) is 19.5. The van der Waals surface area contributed by atoms with E-state index in [1.165, 1.54) is 5.57 Å². The van der Waals surface area contributed by atoms with Crippen molar-refractivity contribution >= 4 is 0 Å². The Balaban J connectivity index is 0. The number of ether oxygens (including phenoxy) is 1. The number of aliphatic hydroxyl groups is 1. The number of halogens is 2. The van der Waals surface area contributed by atoms with E-state index in [0.29, 0.717) is 6.61 Å². The van der Waals surface area contributed by atoms with E-state index in [1.807, 2.05) is 6.08 Å². The molecule has 0 saturated heterocycles. The number of hydrogen-bond acceptors (Lipinski definition) is 2. The predicted molar refractivity (Wildman–Crippen MR) is 54.3 cm³/mol. The van der Waals surface area contributed by atoms with E-state index in [-0.39, 0.29) is 57.6 Å². The topological polar surface area (TPSA) is 29.5 Å². The first-order valence-corrected chi connectivity index (χ1v) is 4.83. The average molecular weight is 351 g/mol. The Hall–Kier alpha value is 0.183. The van der Waals surface area contributed by atoms with Crippen LogP contribution in [0, 0.1) is 6.08 Å². The van der Waals surface area contributed by atoms with Gasteiger partial charge in [0.1, 0.15) is 6.61 Å². The van der Waals surface area contributed by atoms with Crippen molar-refractivity contribution in [2.45, 2.75) is 12.8 Å². The Kier molecular flexibility index (Phi) is 11.6. The van der Waals surface area contributed by atoms with Gasteiger partial charge in [-0.05, 0) is 6.08 Å². The maximum atomic E-state index is 8.67. The number of aliphatic hydroxyl groups excluding tert-OH is 1. The van der Waals surface area contributed by atoms with Crippen molar-refractivity contribution < 1.29 is 60.9 Å². The summed E-state index contributed by atoms with van der Waals surface area (Å²) in [5, 5.41) is 8.67. The third-order valence-corrected chi connectivity index (χ3v) is 2.26. The van der Waals surface area contributed by atoms with Crippen LogP contribution in [-0.4, -0.2) is 18.3 Å². The van der Waals surface area contributed by atoms with Gasteiger partial charge in [0.15, 0.2) is 0 Å². The third kappa shape index (κ3) is 5.13. The molecule has 5 heteroatoms. The number of allylic oxidation sites excluding steroid dienone is 7. The minimum atomic E-state index is 0. The summed E-state index contributed by atoms with van der Waals surface area (Å²) >= 11 is 0. The molecule has 0 aromatic heterocycles. The van der Waals surface area contributed by atoms with Crippen LogP contribution in [-0.2, 0) is 30.9 Å². The smallest absolute Gasteiger partial charge is 1.00 e. The Labute approximate surface area is 133 Å². The maximum absolute atomic E-state index is 8.67. The van der Waals surface area contributed by atoms with E-state index in [1.54, 1.807) is 0 Å². The van der Waals surface area contributed by atoms with Crippen molar-refractivity contribution in [3.05, 3.63) is 47.3 Å². The van der Waals surface area contributed by atoms with E-state index in [0.717, 1.165) is 24.2 Å². The zero-order valence-corrected chi connectivity index (χ0v) is 13.2. The average Bonchev–Trinajstić information content (AvgIpc) is 2.84. The second kappa shape index (κ2) is 10.1. The molecule has 0 aromatic rings. The third-order valence-electron chi connectivity index (χ3n) is 2.26. The molecular formula is C12H13Cl2O2Zr. The van der Waals surface area contributed by atoms with E-state index >= 15 is 0 Å². The molecule has 0 atom stereocenters. The van der Waals surface area contributed by atoms with Gasteiger partial charge in [0.25, 0.3) is 0 Å². The minimum absolute atomic E-state index is 0. The van der Waals surface area contributed by atoms with Crippen molar-refractivity contribution in [2.75, 3.05) is 13.2 Å². The van der Waals surface area contributed by atoms with Crippen LogP contribution in [0.25, 0.3) is 0 Å². The molecule has 2 rings (SSSR count). The molecule has 0 spiro atoms. The summed E-state index contributed by atoms with van der Waals surface area (Å²) in [4.78, 5) is 0. The summed E-state index contributed by atoms with van der Waals surface area (Å²) < 4.78 is 5.43. The molecule has 0 saturated carbocycles. The monoisotopic (exact) mass is 349 g/mol. The van der Waals surface area contributed by atoms with Gasteiger partial charge in [-0.2, -0.15) is 17.7 Å². The van der Waals surface area contributed by atoms with Gasteiger partial charge in [-0.15, -0.1) is 11.6 Å². The van der Waals surface area contributed by atoms with Crippen molar-refractivity contribution in [1.29, 1.82) is 0 Å². The molecule has 0 fully saturated rings. The van der Waals surface area contributed by atoms with Gasteiger partial charge in [0.2, 0.25) is 0 Å². The largest absolute Gasteiger partial charge is 3.00 e. The van der Waals surface area contributed by atoms with Crippen LogP contribution in [0.15, 0.2) is 41.2 Å². The molecule has 0 heterocycles. The molecular weight excluding hydrogens is 338 g/mol. The van der Waals surface area contributed by atoms with Gasteiger partial charge >= 0.3 is 26.2 Å². The molecule has 17 heavy (non-hydrogen) atoms. The number of rotatable bonds is 4. The second-order valence-corrected chi connectivity index (χ2v) is 3.22. The molecule has 1 radical (unpaired) electrons. The summed E-state index contributed by atoms with van der Waals surface area (Å²) in [7, 11) is 0. The van der Waals surface area contributed by atoms with Crippen molar-refractivity contribution in [1.82, 2.24) is 0 Å². The summed E-state index contributed by atoms with van der Waals surface area (Å²) in [5.41, 5.74) is 2.33. The minimum Gasteiger partial charge on any atom is -1.00 e. The molecule has 1 N–H and O–H groups in total. The number of hydrogen-bond donors (Lipinski definition) is 1. The van der Waals surface area contributed by atoms with Crippen LogP contribution in [0.1, 0.15) is 12.8 Å². The molecule has 2 aliphatic carbocycles. The Morgan fingerprint density at radius 2 is 2.00 bits per heavy atom. The van der Waals surface area contributed by atoms with Crippen molar-refractivity contribution in [3.63, 3.8) is 0 Å². The maximum Gasteiger partial charge on any atom is 3.00 e. The molecule has 0 amide bonds. The Morgan fingerprint density at radius 3 is 2.59 bits per heavy atom. The van der Waals surface area contributed by atoms with Gasteiger partial charge < -0.3 is 34.7 Å². The molecule has 2 aliphatic rings. The fourth-order valence-electron chi connectivity index (χ4n) is 1.63. The van der Waals surface area contributed by atoms with Crippen LogP contribution in [0.4, 0.5) is 0 Å². The van der Waals surface area contributed by atoms with Crippen molar-refractivity contribution in [3.8, 4) is 0 Å². The first-order valence-electron chi connectivity index (χ1n) is 4.83. The molecule has 0 bridgehead atoms. The zero-order chi connectivity index (χ0) is 9.80. The fourth-order valence-corrected chi connectivity index (χ4v) is 1.63. The quantitative estimate of drug-likeness (QED) is 0.522. The SMILES string of the molecule is OCCOC1=C(C2=[C-]CC=C2)CC=C1.[Cl-].[Cl-].[Zr+3]. The molecule has 0 aliphatic heterocycles. The summed E-state index contributed by atoms with van der Waals surface area (Å²) in [6, 6.07) is 0. The second-order valence-electron chi connectivity index (χ2n) is 3.22. The van der Waals surface area contributed by atoms with Crippen molar-refractivity contribution in [2.24, 2.45) is 0 Å². The molecule has 2 nitrogen and oxygen atoms in total. The van der Waals surface area contributed by atoms with Gasteiger partial charge in [-0.3, -0.25) is 0 Å². The molecule has 0 unspecified atom stereocenters.